The van der Waals surface area contributed by atoms with Gasteiger partial charge >= 0.3 is 0 Å². The van der Waals surface area contributed by atoms with E-state index in [9.17, 15) is 17.8 Å². The van der Waals surface area contributed by atoms with Crippen molar-refractivity contribution >= 4 is 15.9 Å². The van der Waals surface area contributed by atoms with Gasteiger partial charge in [0.15, 0.2) is 0 Å². The quantitative estimate of drug-likeness (QED) is 0.530. The first-order valence-electron chi connectivity index (χ1n) is 3.49. The Hall–Kier alpha value is -0.420. The van der Waals surface area contributed by atoms with Crippen molar-refractivity contribution in [3.63, 3.8) is 0 Å². The highest BCUT2D eigenvalue weighted by atomic mass is 32.2. The number of hydrogen-bond acceptors (Lipinski definition) is 4. The van der Waals surface area contributed by atoms with Crippen molar-refractivity contribution in [3.05, 3.63) is 0 Å². The lowest BCUT2D eigenvalue weighted by atomic mass is 9.99. The molecule has 0 heterocycles. The van der Waals surface area contributed by atoms with Gasteiger partial charge in [-0.25, -0.2) is 8.42 Å². The lowest BCUT2D eigenvalue weighted by Crippen LogP contribution is -2.32. The van der Waals surface area contributed by atoms with Crippen molar-refractivity contribution in [3.8, 4) is 0 Å². The van der Waals surface area contributed by atoms with Gasteiger partial charge in [0.25, 0.3) is 0 Å². The SMILES string of the molecule is O=C1CCCCC1S(=O)(=O)[O-]. The van der Waals surface area contributed by atoms with Crippen LogP contribution < -0.4 is 0 Å². The Balaban J connectivity index is 2.78. The van der Waals surface area contributed by atoms with E-state index in [2.05, 4.69) is 0 Å². The van der Waals surface area contributed by atoms with Gasteiger partial charge in [0.05, 0.1) is 0 Å². The van der Waals surface area contributed by atoms with Crippen LogP contribution in [0.5, 0.6) is 0 Å². The summed E-state index contributed by atoms with van der Waals surface area (Å²) in [5.41, 5.74) is 0. The maximum Gasteiger partial charge on any atom is 0.149 e. The zero-order valence-corrected chi connectivity index (χ0v) is 6.76. The molecule has 1 rings (SSSR count). The largest absolute Gasteiger partial charge is 0.747 e. The summed E-state index contributed by atoms with van der Waals surface area (Å²) in [5.74, 6) is -0.411. The van der Waals surface area contributed by atoms with Gasteiger partial charge in [0.1, 0.15) is 21.2 Å². The Bertz CT molecular complexity index is 254. The molecule has 1 fully saturated rings. The fourth-order valence-electron chi connectivity index (χ4n) is 1.26. The first-order chi connectivity index (χ1) is 5.02. The van der Waals surface area contributed by atoms with E-state index in [0.29, 0.717) is 12.8 Å². The van der Waals surface area contributed by atoms with Crippen molar-refractivity contribution in [1.82, 2.24) is 0 Å². The van der Waals surface area contributed by atoms with Crippen LogP contribution in [-0.2, 0) is 14.9 Å². The molecule has 0 bridgehead atoms. The van der Waals surface area contributed by atoms with Crippen molar-refractivity contribution in [1.29, 1.82) is 0 Å². The highest BCUT2D eigenvalue weighted by molar-refractivity contribution is 7.87. The Morgan fingerprint density at radius 1 is 1.36 bits per heavy atom. The molecular weight excluding hydrogens is 168 g/mol. The van der Waals surface area contributed by atoms with Crippen LogP contribution in [0.1, 0.15) is 25.7 Å². The van der Waals surface area contributed by atoms with Crippen LogP contribution in [0.3, 0.4) is 0 Å². The van der Waals surface area contributed by atoms with E-state index in [1.54, 1.807) is 0 Å². The number of carbonyl (C=O) groups is 1. The van der Waals surface area contributed by atoms with Crippen LogP contribution in [0.15, 0.2) is 0 Å². The molecule has 0 aromatic rings. The van der Waals surface area contributed by atoms with Crippen LogP contribution in [0, 0.1) is 0 Å². The van der Waals surface area contributed by atoms with Crippen molar-refractivity contribution < 1.29 is 17.8 Å². The molecule has 11 heavy (non-hydrogen) atoms. The molecule has 0 aromatic carbocycles. The monoisotopic (exact) mass is 177 g/mol. The number of Topliss-reactive ketones (excluding diaryl/α,β-unsaturated/α-hetero) is 1. The molecule has 1 unspecified atom stereocenters. The van der Waals surface area contributed by atoms with E-state index in [1.165, 1.54) is 0 Å². The third-order valence-corrected chi connectivity index (χ3v) is 3.04. The molecule has 1 aliphatic rings. The number of rotatable bonds is 1. The van der Waals surface area contributed by atoms with E-state index in [4.69, 9.17) is 0 Å². The molecule has 0 amide bonds. The maximum absolute atomic E-state index is 10.9. The second-order valence-electron chi connectivity index (χ2n) is 2.69. The molecule has 5 heteroatoms. The fraction of sp³-hybridized carbons (Fsp3) is 0.833. The first-order valence-corrected chi connectivity index (χ1v) is 4.96. The Labute approximate surface area is 65.3 Å². The van der Waals surface area contributed by atoms with Crippen LogP contribution in [0.4, 0.5) is 0 Å². The Morgan fingerprint density at radius 2 is 2.00 bits per heavy atom. The summed E-state index contributed by atoms with van der Waals surface area (Å²) in [6.07, 6.45) is 1.83. The molecule has 1 atom stereocenters. The highest BCUT2D eigenvalue weighted by Gasteiger charge is 2.27. The standard InChI is InChI=1S/C6H10O4S/c7-5-3-1-2-4-6(5)11(8,9)10/h6H,1-4H2,(H,8,9,10)/p-1. The first kappa shape index (κ1) is 8.67. The summed E-state index contributed by atoms with van der Waals surface area (Å²) < 4.78 is 31.3. The van der Waals surface area contributed by atoms with Gasteiger partial charge in [-0.2, -0.15) is 0 Å². The third-order valence-electron chi connectivity index (χ3n) is 1.85. The molecule has 1 aliphatic carbocycles. The van der Waals surface area contributed by atoms with Gasteiger partial charge in [0.2, 0.25) is 0 Å². The van der Waals surface area contributed by atoms with E-state index >= 15 is 0 Å². The van der Waals surface area contributed by atoms with Gasteiger partial charge in [0, 0.05) is 6.42 Å². The predicted molar refractivity (Wildman–Crippen MR) is 37.0 cm³/mol. The summed E-state index contributed by atoms with van der Waals surface area (Å²) in [7, 11) is -4.37. The smallest absolute Gasteiger partial charge is 0.149 e. The summed E-state index contributed by atoms with van der Waals surface area (Å²) in [4.78, 5) is 10.9. The van der Waals surface area contributed by atoms with Gasteiger partial charge in [-0.1, -0.05) is 6.42 Å². The molecule has 1 saturated carbocycles. The van der Waals surface area contributed by atoms with E-state index in [-0.39, 0.29) is 12.8 Å². The zero-order valence-electron chi connectivity index (χ0n) is 5.95. The second kappa shape index (κ2) is 2.91. The molecule has 64 valence electrons. The maximum atomic E-state index is 10.9. The fourth-order valence-corrected chi connectivity index (χ4v) is 2.15. The summed E-state index contributed by atoms with van der Waals surface area (Å²) in [6, 6.07) is 0. The second-order valence-corrected chi connectivity index (χ2v) is 4.25. The molecule has 0 radical (unpaired) electrons. The van der Waals surface area contributed by atoms with E-state index in [1.807, 2.05) is 0 Å². The Morgan fingerprint density at radius 3 is 2.36 bits per heavy atom. The number of hydrogen-bond donors (Lipinski definition) is 0. The van der Waals surface area contributed by atoms with Gasteiger partial charge in [-0.05, 0) is 12.8 Å². The van der Waals surface area contributed by atoms with Gasteiger partial charge in [-0.15, -0.1) is 0 Å². The molecule has 0 aromatic heterocycles. The van der Waals surface area contributed by atoms with E-state index in [0.717, 1.165) is 0 Å². The molecule has 0 N–H and O–H groups in total. The van der Waals surface area contributed by atoms with Crippen molar-refractivity contribution in [2.24, 2.45) is 0 Å². The van der Waals surface area contributed by atoms with E-state index < -0.39 is 21.2 Å². The van der Waals surface area contributed by atoms with Gasteiger partial charge < -0.3 is 4.55 Å². The van der Waals surface area contributed by atoms with Crippen molar-refractivity contribution in [2.45, 2.75) is 30.9 Å². The van der Waals surface area contributed by atoms with Crippen molar-refractivity contribution in [2.75, 3.05) is 0 Å². The molecule has 0 aliphatic heterocycles. The summed E-state index contributed by atoms with van der Waals surface area (Å²) >= 11 is 0. The normalized spacial score (nSPS) is 27.0. The lowest BCUT2D eigenvalue weighted by molar-refractivity contribution is -0.119. The molecule has 0 spiro atoms. The highest BCUT2D eigenvalue weighted by Crippen LogP contribution is 2.19. The number of ketones is 1. The molecular formula is C6H9O4S-. The van der Waals surface area contributed by atoms with Crippen LogP contribution >= 0.6 is 0 Å². The zero-order chi connectivity index (χ0) is 8.48. The van der Waals surface area contributed by atoms with Gasteiger partial charge in [-0.3, -0.25) is 4.79 Å². The average molecular weight is 177 g/mol. The number of carbonyl (C=O) groups excluding carboxylic acids is 1. The van der Waals surface area contributed by atoms with Crippen LogP contribution in [-0.4, -0.2) is 24.0 Å². The molecule has 0 saturated heterocycles. The minimum atomic E-state index is -4.37. The summed E-state index contributed by atoms with van der Waals surface area (Å²) in [5, 5.41) is -1.25. The third kappa shape index (κ3) is 2.00. The minimum Gasteiger partial charge on any atom is -0.747 e. The topological polar surface area (TPSA) is 74.3 Å². The Kier molecular flexibility index (Phi) is 2.29. The van der Waals surface area contributed by atoms with Crippen LogP contribution in [0.25, 0.3) is 0 Å². The minimum absolute atomic E-state index is 0.213. The predicted octanol–water partition coefficient (Wildman–Crippen LogP) is 0.0433. The summed E-state index contributed by atoms with van der Waals surface area (Å²) in [6.45, 7) is 0. The molecule has 4 nitrogen and oxygen atoms in total. The van der Waals surface area contributed by atoms with Crippen LogP contribution in [0.2, 0.25) is 0 Å². The lowest BCUT2D eigenvalue weighted by Gasteiger charge is -2.22. The average Bonchev–Trinajstić information content (AvgIpc) is 1.86.